The number of imidazole rings is 1. The van der Waals surface area contributed by atoms with Crippen molar-refractivity contribution in [1.29, 1.82) is 0 Å². The van der Waals surface area contributed by atoms with Crippen LogP contribution in [0, 0.1) is 11.8 Å². The van der Waals surface area contributed by atoms with Gasteiger partial charge in [0, 0.05) is 19.0 Å². The predicted molar refractivity (Wildman–Crippen MR) is 86.7 cm³/mol. The SMILES string of the molecule is CC(C(=O)NCCn1c(=O)[nH]c2ccccc21)C1CCCC1. The van der Waals surface area contributed by atoms with E-state index in [1.165, 1.54) is 12.8 Å². The number of benzene rings is 1. The minimum absolute atomic E-state index is 0.0715. The van der Waals surface area contributed by atoms with Crippen molar-refractivity contribution in [1.82, 2.24) is 14.9 Å². The summed E-state index contributed by atoms with van der Waals surface area (Å²) >= 11 is 0. The molecule has 1 saturated carbocycles. The molecular formula is C17H23N3O2. The normalized spacial score (nSPS) is 17.0. The van der Waals surface area contributed by atoms with Crippen LogP contribution in [0.4, 0.5) is 0 Å². The van der Waals surface area contributed by atoms with Gasteiger partial charge in [0.25, 0.3) is 0 Å². The van der Waals surface area contributed by atoms with E-state index >= 15 is 0 Å². The summed E-state index contributed by atoms with van der Waals surface area (Å²) in [7, 11) is 0. The molecule has 0 saturated heterocycles. The van der Waals surface area contributed by atoms with Crippen molar-refractivity contribution in [2.45, 2.75) is 39.2 Å². The number of rotatable bonds is 5. The molecule has 1 heterocycles. The van der Waals surface area contributed by atoms with Crippen LogP contribution in [0.3, 0.4) is 0 Å². The van der Waals surface area contributed by atoms with Crippen molar-refractivity contribution in [3.8, 4) is 0 Å². The average Bonchev–Trinajstić information content (AvgIpc) is 3.15. The Labute approximate surface area is 129 Å². The molecule has 5 nitrogen and oxygen atoms in total. The van der Waals surface area contributed by atoms with Gasteiger partial charge in [0.2, 0.25) is 5.91 Å². The molecule has 2 aromatic rings. The Bertz CT molecular complexity index is 710. The molecule has 1 unspecified atom stereocenters. The largest absolute Gasteiger partial charge is 0.354 e. The summed E-state index contributed by atoms with van der Waals surface area (Å²) in [6.45, 7) is 2.99. The molecule has 0 spiro atoms. The first kappa shape index (κ1) is 14.9. The Kier molecular flexibility index (Phi) is 4.32. The van der Waals surface area contributed by atoms with Gasteiger partial charge in [-0.15, -0.1) is 0 Å². The third-order valence-corrected chi connectivity index (χ3v) is 4.84. The third-order valence-electron chi connectivity index (χ3n) is 4.84. The van der Waals surface area contributed by atoms with Crippen molar-refractivity contribution in [3.05, 3.63) is 34.7 Å². The van der Waals surface area contributed by atoms with Crippen molar-refractivity contribution in [3.63, 3.8) is 0 Å². The van der Waals surface area contributed by atoms with Crippen LogP contribution < -0.4 is 11.0 Å². The van der Waals surface area contributed by atoms with E-state index in [9.17, 15) is 9.59 Å². The highest BCUT2D eigenvalue weighted by Crippen LogP contribution is 2.31. The third kappa shape index (κ3) is 2.93. The first-order chi connectivity index (χ1) is 10.7. The van der Waals surface area contributed by atoms with Crippen LogP contribution in [0.5, 0.6) is 0 Å². The minimum atomic E-state index is -0.126. The monoisotopic (exact) mass is 301 g/mol. The quantitative estimate of drug-likeness (QED) is 0.889. The summed E-state index contributed by atoms with van der Waals surface area (Å²) in [5, 5.41) is 2.98. The number of nitrogens with zero attached hydrogens (tertiary/aromatic N) is 1. The maximum Gasteiger partial charge on any atom is 0.326 e. The van der Waals surface area contributed by atoms with Gasteiger partial charge in [0.1, 0.15) is 0 Å². The molecule has 2 N–H and O–H groups in total. The molecular weight excluding hydrogens is 278 g/mol. The molecule has 1 aliphatic carbocycles. The first-order valence-corrected chi connectivity index (χ1v) is 8.12. The standard InChI is InChI=1S/C17H23N3O2/c1-12(13-6-2-3-7-13)16(21)18-10-11-20-15-9-5-4-8-14(15)19-17(20)22/h4-5,8-9,12-13H,2-3,6-7,10-11H2,1H3,(H,18,21)(H,19,22). The lowest BCUT2D eigenvalue weighted by Crippen LogP contribution is -2.35. The predicted octanol–water partition coefficient (Wildman–Crippen LogP) is 2.27. The lowest BCUT2D eigenvalue weighted by Gasteiger charge is -2.18. The Morgan fingerprint density at radius 3 is 2.86 bits per heavy atom. The lowest BCUT2D eigenvalue weighted by molar-refractivity contribution is -0.126. The smallest absolute Gasteiger partial charge is 0.326 e. The highest BCUT2D eigenvalue weighted by molar-refractivity contribution is 5.78. The van der Waals surface area contributed by atoms with Gasteiger partial charge in [-0.2, -0.15) is 0 Å². The zero-order chi connectivity index (χ0) is 15.5. The van der Waals surface area contributed by atoms with Crippen LogP contribution in [0.25, 0.3) is 11.0 Å². The molecule has 0 bridgehead atoms. The molecule has 22 heavy (non-hydrogen) atoms. The number of fused-ring (bicyclic) bond motifs is 1. The number of aromatic amines is 1. The average molecular weight is 301 g/mol. The molecule has 1 aliphatic rings. The molecule has 0 aliphatic heterocycles. The van der Waals surface area contributed by atoms with Gasteiger partial charge >= 0.3 is 5.69 Å². The first-order valence-electron chi connectivity index (χ1n) is 8.12. The van der Waals surface area contributed by atoms with Gasteiger partial charge < -0.3 is 10.3 Å². The van der Waals surface area contributed by atoms with Crippen molar-refractivity contribution in [2.24, 2.45) is 11.8 Å². The summed E-state index contributed by atoms with van der Waals surface area (Å²) in [6, 6.07) is 7.60. The lowest BCUT2D eigenvalue weighted by atomic mass is 9.92. The van der Waals surface area contributed by atoms with E-state index in [2.05, 4.69) is 10.3 Å². The van der Waals surface area contributed by atoms with E-state index in [0.29, 0.717) is 19.0 Å². The van der Waals surface area contributed by atoms with Gasteiger partial charge in [0.15, 0.2) is 0 Å². The maximum atomic E-state index is 12.2. The molecule has 1 amide bonds. The van der Waals surface area contributed by atoms with E-state index in [1.54, 1.807) is 4.57 Å². The minimum Gasteiger partial charge on any atom is -0.354 e. The number of H-pyrrole nitrogens is 1. The fourth-order valence-electron chi connectivity index (χ4n) is 3.45. The number of hydrogen-bond donors (Lipinski definition) is 2. The van der Waals surface area contributed by atoms with Gasteiger partial charge in [-0.05, 0) is 30.9 Å². The van der Waals surface area contributed by atoms with Crippen molar-refractivity contribution in [2.75, 3.05) is 6.54 Å². The molecule has 1 atom stereocenters. The summed E-state index contributed by atoms with van der Waals surface area (Å²) in [6.07, 6.45) is 4.81. The number of para-hydroxylation sites is 2. The fraction of sp³-hybridized carbons (Fsp3) is 0.529. The molecule has 1 aromatic heterocycles. The van der Waals surface area contributed by atoms with Crippen LogP contribution >= 0.6 is 0 Å². The molecule has 3 rings (SSSR count). The summed E-state index contributed by atoms with van der Waals surface area (Å²) < 4.78 is 1.68. The highest BCUT2D eigenvalue weighted by Gasteiger charge is 2.26. The van der Waals surface area contributed by atoms with Crippen LogP contribution in [0.1, 0.15) is 32.6 Å². The summed E-state index contributed by atoms with van der Waals surface area (Å²) in [5.74, 6) is 0.706. The molecule has 0 radical (unpaired) electrons. The van der Waals surface area contributed by atoms with E-state index in [0.717, 1.165) is 23.9 Å². The second kappa shape index (κ2) is 6.38. The zero-order valence-corrected chi connectivity index (χ0v) is 13.0. The zero-order valence-electron chi connectivity index (χ0n) is 13.0. The van der Waals surface area contributed by atoms with Crippen LogP contribution in [-0.4, -0.2) is 22.0 Å². The molecule has 1 aromatic carbocycles. The van der Waals surface area contributed by atoms with Crippen molar-refractivity contribution < 1.29 is 4.79 Å². The topological polar surface area (TPSA) is 66.9 Å². The molecule has 1 fully saturated rings. The number of carbonyl (C=O) groups excluding carboxylic acids is 1. The van der Waals surface area contributed by atoms with E-state index in [1.807, 2.05) is 31.2 Å². The number of amides is 1. The number of nitrogens with one attached hydrogen (secondary N) is 2. The summed E-state index contributed by atoms with van der Waals surface area (Å²) in [5.41, 5.74) is 1.59. The van der Waals surface area contributed by atoms with Gasteiger partial charge in [-0.1, -0.05) is 31.9 Å². The van der Waals surface area contributed by atoms with Crippen molar-refractivity contribution >= 4 is 16.9 Å². The second-order valence-electron chi connectivity index (χ2n) is 6.22. The Morgan fingerprint density at radius 1 is 1.36 bits per heavy atom. The Balaban J connectivity index is 1.59. The fourth-order valence-corrected chi connectivity index (χ4v) is 3.45. The highest BCUT2D eigenvalue weighted by atomic mass is 16.2. The molecule has 118 valence electrons. The van der Waals surface area contributed by atoms with E-state index in [-0.39, 0.29) is 17.5 Å². The Morgan fingerprint density at radius 2 is 2.09 bits per heavy atom. The second-order valence-corrected chi connectivity index (χ2v) is 6.22. The maximum absolute atomic E-state index is 12.2. The number of aromatic nitrogens is 2. The van der Waals surface area contributed by atoms with Crippen LogP contribution in [0.15, 0.2) is 29.1 Å². The van der Waals surface area contributed by atoms with Gasteiger partial charge in [-0.3, -0.25) is 9.36 Å². The Hall–Kier alpha value is -2.04. The van der Waals surface area contributed by atoms with E-state index < -0.39 is 0 Å². The molecule has 5 heteroatoms. The number of hydrogen-bond acceptors (Lipinski definition) is 2. The number of carbonyl (C=O) groups is 1. The van der Waals surface area contributed by atoms with E-state index in [4.69, 9.17) is 0 Å². The summed E-state index contributed by atoms with van der Waals surface area (Å²) in [4.78, 5) is 27.0. The van der Waals surface area contributed by atoms with Crippen LogP contribution in [0.2, 0.25) is 0 Å². The van der Waals surface area contributed by atoms with Gasteiger partial charge in [0.05, 0.1) is 11.0 Å². The van der Waals surface area contributed by atoms with Crippen LogP contribution in [-0.2, 0) is 11.3 Å². The van der Waals surface area contributed by atoms with Gasteiger partial charge in [-0.25, -0.2) is 4.79 Å².